The molecule has 2 N–H and O–H groups in total. The number of hydrogen-bond acceptors (Lipinski definition) is 5. The van der Waals surface area contributed by atoms with Crippen LogP contribution in [0.25, 0.3) is 0 Å². The molecule has 1 atom stereocenters. The van der Waals surface area contributed by atoms with Gasteiger partial charge in [-0.2, -0.15) is 5.10 Å². The molecule has 3 rings (SSSR count). The second-order valence-electron chi connectivity index (χ2n) is 5.67. The Morgan fingerprint density at radius 2 is 2.04 bits per heavy atom. The normalized spacial score (nSPS) is 17.0. The average molecular weight is 331 g/mol. The fourth-order valence-corrected chi connectivity index (χ4v) is 3.47. The molecule has 3 heterocycles. The van der Waals surface area contributed by atoms with E-state index >= 15 is 0 Å². The van der Waals surface area contributed by atoms with Gasteiger partial charge in [0, 0.05) is 41.7 Å². The number of fused-ring (bicyclic) bond motifs is 1. The number of aryl methyl sites for hydroxylation is 1. The Balaban J connectivity index is 1.90. The number of nitrogens with zero attached hydrogens (tertiary/aromatic N) is 3. The topological polar surface area (TPSA) is 83.6 Å². The zero-order chi connectivity index (χ0) is 16.2. The number of aromatic amines is 1. The van der Waals surface area contributed by atoms with E-state index in [0.29, 0.717) is 12.2 Å². The SMILES string of the molecule is CCCSc1ncc(C2CC(=O)Nc3n[nH]c(CCC)c32)cn1. The van der Waals surface area contributed by atoms with Gasteiger partial charge in [-0.25, -0.2) is 9.97 Å². The number of carbonyl (C=O) groups is 1. The summed E-state index contributed by atoms with van der Waals surface area (Å²) in [7, 11) is 0. The lowest BCUT2D eigenvalue weighted by Crippen LogP contribution is -2.24. The lowest BCUT2D eigenvalue weighted by Gasteiger charge is -2.23. The number of hydrogen-bond donors (Lipinski definition) is 2. The first-order valence-electron chi connectivity index (χ1n) is 8.04. The van der Waals surface area contributed by atoms with Gasteiger partial charge in [-0.05, 0) is 18.4 Å². The van der Waals surface area contributed by atoms with Gasteiger partial charge in [0.2, 0.25) is 5.91 Å². The molecule has 0 bridgehead atoms. The van der Waals surface area contributed by atoms with Crippen LogP contribution in [-0.4, -0.2) is 31.8 Å². The Hall–Kier alpha value is -1.89. The van der Waals surface area contributed by atoms with Crippen molar-refractivity contribution in [3.05, 3.63) is 29.2 Å². The third kappa shape index (κ3) is 3.39. The smallest absolute Gasteiger partial charge is 0.226 e. The Morgan fingerprint density at radius 3 is 2.74 bits per heavy atom. The van der Waals surface area contributed by atoms with E-state index in [-0.39, 0.29) is 11.8 Å². The summed E-state index contributed by atoms with van der Waals surface area (Å²) in [5.74, 6) is 1.63. The lowest BCUT2D eigenvalue weighted by atomic mass is 9.86. The van der Waals surface area contributed by atoms with E-state index in [1.165, 1.54) is 0 Å². The number of nitrogens with one attached hydrogen (secondary N) is 2. The highest BCUT2D eigenvalue weighted by atomic mass is 32.2. The summed E-state index contributed by atoms with van der Waals surface area (Å²) in [6, 6.07) is 0. The van der Waals surface area contributed by atoms with Crippen molar-refractivity contribution in [3.63, 3.8) is 0 Å². The van der Waals surface area contributed by atoms with Crippen LogP contribution in [0.4, 0.5) is 5.82 Å². The Morgan fingerprint density at radius 1 is 1.26 bits per heavy atom. The molecule has 1 aliphatic rings. The highest BCUT2D eigenvalue weighted by Gasteiger charge is 2.31. The first-order valence-corrected chi connectivity index (χ1v) is 9.03. The maximum absolute atomic E-state index is 12.0. The van der Waals surface area contributed by atoms with E-state index in [2.05, 4.69) is 39.3 Å². The maximum Gasteiger partial charge on any atom is 0.226 e. The van der Waals surface area contributed by atoms with Gasteiger partial charge >= 0.3 is 0 Å². The molecular formula is C16H21N5OS. The van der Waals surface area contributed by atoms with E-state index in [1.54, 1.807) is 11.8 Å². The van der Waals surface area contributed by atoms with E-state index in [0.717, 1.165) is 47.0 Å². The number of anilines is 1. The molecule has 1 aliphatic heterocycles. The molecule has 6 nitrogen and oxygen atoms in total. The third-order valence-corrected chi connectivity index (χ3v) is 4.95. The van der Waals surface area contributed by atoms with E-state index in [9.17, 15) is 4.79 Å². The fourth-order valence-electron chi connectivity index (χ4n) is 2.83. The van der Waals surface area contributed by atoms with Crippen LogP contribution in [0, 0.1) is 0 Å². The molecular weight excluding hydrogens is 310 g/mol. The molecule has 7 heteroatoms. The second-order valence-corrected chi connectivity index (χ2v) is 6.73. The molecule has 0 saturated heterocycles. The number of H-pyrrole nitrogens is 1. The van der Waals surface area contributed by atoms with Gasteiger partial charge in [0.15, 0.2) is 11.0 Å². The minimum absolute atomic E-state index is 0.0125. The fraction of sp³-hybridized carbons (Fsp3) is 0.500. The minimum Gasteiger partial charge on any atom is -0.309 e. The van der Waals surface area contributed by atoms with Crippen LogP contribution < -0.4 is 5.32 Å². The van der Waals surface area contributed by atoms with Gasteiger partial charge in [-0.3, -0.25) is 9.89 Å². The summed E-state index contributed by atoms with van der Waals surface area (Å²) in [4.78, 5) is 20.9. The van der Waals surface area contributed by atoms with Crippen molar-refractivity contribution >= 4 is 23.5 Å². The second kappa shape index (κ2) is 7.12. The van der Waals surface area contributed by atoms with Crippen molar-refractivity contribution in [2.45, 2.75) is 50.6 Å². The molecule has 2 aromatic rings. The number of aromatic nitrogens is 4. The zero-order valence-corrected chi connectivity index (χ0v) is 14.2. The summed E-state index contributed by atoms with van der Waals surface area (Å²) in [6.07, 6.45) is 7.14. The maximum atomic E-state index is 12.0. The van der Waals surface area contributed by atoms with Crippen molar-refractivity contribution in [1.29, 1.82) is 0 Å². The largest absolute Gasteiger partial charge is 0.309 e. The zero-order valence-electron chi connectivity index (χ0n) is 13.4. The molecule has 0 aliphatic carbocycles. The molecule has 2 aromatic heterocycles. The molecule has 1 amide bonds. The van der Waals surface area contributed by atoms with Gasteiger partial charge in [0.1, 0.15) is 0 Å². The Labute approximate surface area is 139 Å². The van der Waals surface area contributed by atoms with Crippen LogP contribution in [0.3, 0.4) is 0 Å². The number of rotatable bonds is 6. The highest BCUT2D eigenvalue weighted by Crippen LogP contribution is 2.38. The summed E-state index contributed by atoms with van der Waals surface area (Å²) < 4.78 is 0. The van der Waals surface area contributed by atoms with E-state index < -0.39 is 0 Å². The number of amides is 1. The molecule has 0 fully saturated rings. The monoisotopic (exact) mass is 331 g/mol. The van der Waals surface area contributed by atoms with Gasteiger partial charge in [0.25, 0.3) is 0 Å². The van der Waals surface area contributed by atoms with E-state index in [4.69, 9.17) is 0 Å². The van der Waals surface area contributed by atoms with Gasteiger partial charge in [0.05, 0.1) is 0 Å². The molecule has 0 radical (unpaired) electrons. The van der Waals surface area contributed by atoms with Crippen LogP contribution in [-0.2, 0) is 11.2 Å². The molecule has 0 aromatic carbocycles. The van der Waals surface area contributed by atoms with Crippen molar-refractivity contribution in [2.75, 3.05) is 11.1 Å². The minimum atomic E-state index is -0.0238. The summed E-state index contributed by atoms with van der Waals surface area (Å²) in [5, 5.41) is 11.0. The predicted octanol–water partition coefficient (Wildman–Crippen LogP) is 3.13. The van der Waals surface area contributed by atoms with Gasteiger partial charge in [-0.15, -0.1) is 0 Å². The third-order valence-electron chi connectivity index (χ3n) is 3.86. The Kier molecular flexibility index (Phi) is 4.95. The first-order chi connectivity index (χ1) is 11.2. The molecule has 0 saturated carbocycles. The molecule has 122 valence electrons. The van der Waals surface area contributed by atoms with Crippen molar-refractivity contribution < 1.29 is 4.79 Å². The predicted molar refractivity (Wildman–Crippen MR) is 90.7 cm³/mol. The Bertz CT molecular complexity index is 682. The number of thioether (sulfide) groups is 1. The standard InChI is InChI=1S/C16H21N5OS/c1-3-5-12-14-11(7-13(22)19-15(14)21-20-12)10-8-17-16(18-9-10)23-6-4-2/h8-9,11H,3-7H2,1-2H3,(H2,19,20,21,22). The van der Waals surface area contributed by atoms with E-state index in [1.807, 2.05) is 12.4 Å². The first kappa shape index (κ1) is 16.0. The number of carbonyl (C=O) groups excluding carboxylic acids is 1. The van der Waals surface area contributed by atoms with Gasteiger partial charge < -0.3 is 5.32 Å². The van der Waals surface area contributed by atoms with Crippen LogP contribution in [0.5, 0.6) is 0 Å². The average Bonchev–Trinajstić information content (AvgIpc) is 2.96. The molecule has 0 spiro atoms. The summed E-state index contributed by atoms with van der Waals surface area (Å²) in [5.41, 5.74) is 3.15. The van der Waals surface area contributed by atoms with Gasteiger partial charge in [-0.1, -0.05) is 32.0 Å². The van der Waals surface area contributed by atoms with Crippen molar-refractivity contribution in [3.8, 4) is 0 Å². The van der Waals surface area contributed by atoms with Crippen LogP contribution in [0.2, 0.25) is 0 Å². The summed E-state index contributed by atoms with van der Waals surface area (Å²) >= 11 is 1.65. The van der Waals surface area contributed by atoms with Crippen LogP contribution >= 0.6 is 11.8 Å². The lowest BCUT2D eigenvalue weighted by molar-refractivity contribution is -0.116. The molecule has 1 unspecified atom stereocenters. The quantitative estimate of drug-likeness (QED) is 0.627. The van der Waals surface area contributed by atoms with Crippen molar-refractivity contribution in [1.82, 2.24) is 20.2 Å². The molecule has 23 heavy (non-hydrogen) atoms. The highest BCUT2D eigenvalue weighted by molar-refractivity contribution is 7.99. The summed E-state index contributed by atoms with van der Waals surface area (Å²) in [6.45, 7) is 4.27. The van der Waals surface area contributed by atoms with Crippen LogP contribution in [0.15, 0.2) is 17.6 Å². The van der Waals surface area contributed by atoms with Crippen LogP contribution in [0.1, 0.15) is 55.8 Å². The van der Waals surface area contributed by atoms with Crippen molar-refractivity contribution in [2.24, 2.45) is 0 Å².